The van der Waals surface area contributed by atoms with Gasteiger partial charge in [-0.25, -0.2) is 0 Å². The van der Waals surface area contributed by atoms with Crippen molar-refractivity contribution in [3.05, 3.63) is 29.8 Å². The van der Waals surface area contributed by atoms with Gasteiger partial charge in [-0.3, -0.25) is 10.1 Å². The third-order valence-electron chi connectivity index (χ3n) is 2.47. The van der Waals surface area contributed by atoms with Gasteiger partial charge in [-0.2, -0.15) is 8.78 Å². The topological polar surface area (TPSA) is 58.6 Å². The van der Waals surface area contributed by atoms with Crippen LogP contribution in [0.2, 0.25) is 0 Å². The van der Waals surface area contributed by atoms with Crippen molar-refractivity contribution in [2.24, 2.45) is 0 Å². The van der Waals surface area contributed by atoms with Crippen LogP contribution in [0.15, 0.2) is 24.3 Å². The number of alkyl halides is 2. The third-order valence-corrected chi connectivity index (χ3v) is 3.73. The number of halogens is 2. The highest BCUT2D eigenvalue weighted by atomic mass is 32.2. The van der Waals surface area contributed by atoms with Crippen molar-refractivity contribution in [1.82, 2.24) is 5.32 Å². The second-order valence-electron chi connectivity index (χ2n) is 3.72. The quantitative estimate of drug-likeness (QED) is 0.881. The minimum atomic E-state index is -2.86. The van der Waals surface area contributed by atoms with Gasteiger partial charge in [-0.1, -0.05) is 12.1 Å². The first-order valence-electron chi connectivity index (χ1n) is 5.21. The molecule has 7 heteroatoms. The number of aliphatic carboxylic acids is 1. The number of hydrogen-bond acceptors (Lipinski definition) is 4. The second-order valence-corrected chi connectivity index (χ2v) is 4.86. The molecule has 0 spiro atoms. The van der Waals surface area contributed by atoms with Crippen molar-refractivity contribution >= 4 is 17.7 Å². The lowest BCUT2D eigenvalue weighted by Gasteiger charge is -2.12. The molecule has 18 heavy (non-hydrogen) atoms. The smallest absolute Gasteiger partial charge is 0.387 e. The van der Waals surface area contributed by atoms with Crippen LogP contribution in [0.25, 0.3) is 0 Å². The number of benzene rings is 1. The molecule has 1 aromatic rings. The number of nitrogens with one attached hydrogen (secondary N) is 1. The van der Waals surface area contributed by atoms with Gasteiger partial charge in [0.2, 0.25) is 0 Å². The van der Waals surface area contributed by atoms with E-state index in [2.05, 4.69) is 10.1 Å². The summed E-state index contributed by atoms with van der Waals surface area (Å²) in [4.78, 5) is 10.8. The van der Waals surface area contributed by atoms with Crippen molar-refractivity contribution < 1.29 is 23.4 Å². The molecule has 0 bridgehead atoms. The average molecular weight is 275 g/mol. The lowest BCUT2D eigenvalue weighted by molar-refractivity contribution is -0.138. The van der Waals surface area contributed by atoms with E-state index >= 15 is 0 Å². The van der Waals surface area contributed by atoms with Gasteiger partial charge in [-0.05, 0) is 17.7 Å². The molecule has 0 amide bonds. The largest absolute Gasteiger partial charge is 0.480 e. The average Bonchev–Trinajstić information content (AvgIpc) is 2.77. The van der Waals surface area contributed by atoms with Gasteiger partial charge in [0, 0.05) is 5.75 Å². The van der Waals surface area contributed by atoms with E-state index in [4.69, 9.17) is 5.11 Å². The van der Waals surface area contributed by atoms with Gasteiger partial charge in [-0.15, -0.1) is 11.8 Å². The van der Waals surface area contributed by atoms with E-state index in [1.807, 2.05) is 0 Å². The Hall–Kier alpha value is -1.34. The molecule has 1 aliphatic rings. The highest BCUT2D eigenvalue weighted by molar-refractivity contribution is 7.99. The van der Waals surface area contributed by atoms with E-state index in [1.165, 1.54) is 23.9 Å². The summed E-state index contributed by atoms with van der Waals surface area (Å²) in [6, 6.07) is 5.65. The second kappa shape index (κ2) is 5.53. The minimum absolute atomic E-state index is 0.0728. The Balaban J connectivity index is 2.07. The molecule has 0 saturated carbocycles. The van der Waals surface area contributed by atoms with Crippen LogP contribution in [0.5, 0.6) is 5.75 Å². The molecular formula is C11H11F2NO3S. The number of carbonyl (C=O) groups is 1. The lowest BCUT2D eigenvalue weighted by atomic mass is 10.2. The molecule has 2 atom stereocenters. The zero-order chi connectivity index (χ0) is 13.1. The van der Waals surface area contributed by atoms with E-state index < -0.39 is 18.6 Å². The first kappa shape index (κ1) is 13.1. The fourth-order valence-electron chi connectivity index (χ4n) is 1.66. The molecule has 0 unspecified atom stereocenters. The molecular weight excluding hydrogens is 264 g/mol. The van der Waals surface area contributed by atoms with E-state index in [0.29, 0.717) is 5.75 Å². The SMILES string of the molecule is O=C(O)[C@@H]1CS[C@@H](c2cccc(OC(F)F)c2)N1. The molecule has 2 rings (SSSR count). The number of hydrogen-bond donors (Lipinski definition) is 2. The summed E-state index contributed by atoms with van der Waals surface area (Å²) in [5.74, 6) is -0.395. The molecule has 0 aromatic heterocycles. The fraction of sp³-hybridized carbons (Fsp3) is 0.364. The molecule has 1 fully saturated rings. The van der Waals surface area contributed by atoms with Crippen molar-refractivity contribution in [3.8, 4) is 5.75 Å². The Kier molecular flexibility index (Phi) is 4.03. The van der Waals surface area contributed by atoms with Gasteiger partial charge in [0.25, 0.3) is 0 Å². The Morgan fingerprint density at radius 2 is 2.33 bits per heavy atom. The van der Waals surface area contributed by atoms with Crippen molar-refractivity contribution in [2.45, 2.75) is 18.0 Å². The first-order valence-corrected chi connectivity index (χ1v) is 6.26. The Bertz CT molecular complexity index is 444. The highest BCUT2D eigenvalue weighted by Gasteiger charge is 2.30. The van der Waals surface area contributed by atoms with Gasteiger partial charge in [0.1, 0.15) is 11.8 Å². The zero-order valence-electron chi connectivity index (χ0n) is 9.18. The summed E-state index contributed by atoms with van der Waals surface area (Å²) in [6.07, 6.45) is 0. The summed E-state index contributed by atoms with van der Waals surface area (Å²) in [6.45, 7) is -2.86. The highest BCUT2D eigenvalue weighted by Crippen LogP contribution is 2.34. The van der Waals surface area contributed by atoms with Gasteiger partial charge in [0.15, 0.2) is 0 Å². The summed E-state index contributed by atoms with van der Waals surface area (Å²) in [7, 11) is 0. The van der Waals surface area contributed by atoms with Crippen molar-refractivity contribution in [2.75, 3.05) is 5.75 Å². The maximum Gasteiger partial charge on any atom is 0.387 e. The van der Waals surface area contributed by atoms with Crippen LogP contribution in [0.1, 0.15) is 10.9 Å². The van der Waals surface area contributed by atoms with Crippen LogP contribution in [-0.4, -0.2) is 29.5 Å². The Morgan fingerprint density at radius 1 is 1.56 bits per heavy atom. The third kappa shape index (κ3) is 3.11. The van der Waals surface area contributed by atoms with E-state index in [-0.39, 0.29) is 11.1 Å². The summed E-state index contributed by atoms with van der Waals surface area (Å²) < 4.78 is 28.5. The predicted molar refractivity (Wildman–Crippen MR) is 62.8 cm³/mol. The van der Waals surface area contributed by atoms with Crippen LogP contribution >= 0.6 is 11.8 Å². The lowest BCUT2D eigenvalue weighted by Crippen LogP contribution is -2.33. The Labute approximate surface area is 106 Å². The van der Waals surface area contributed by atoms with Crippen LogP contribution in [0.3, 0.4) is 0 Å². The van der Waals surface area contributed by atoms with Crippen molar-refractivity contribution in [3.63, 3.8) is 0 Å². The molecule has 1 aliphatic heterocycles. The monoisotopic (exact) mass is 275 g/mol. The van der Waals surface area contributed by atoms with Crippen LogP contribution < -0.4 is 10.1 Å². The van der Waals surface area contributed by atoms with Crippen LogP contribution in [-0.2, 0) is 4.79 Å². The maximum atomic E-state index is 12.1. The van der Waals surface area contributed by atoms with Crippen molar-refractivity contribution in [1.29, 1.82) is 0 Å². The Morgan fingerprint density at radius 3 is 2.94 bits per heavy atom. The van der Waals surface area contributed by atoms with E-state index in [1.54, 1.807) is 12.1 Å². The fourth-order valence-corrected chi connectivity index (χ4v) is 2.88. The van der Waals surface area contributed by atoms with Gasteiger partial charge < -0.3 is 9.84 Å². The normalized spacial score (nSPS) is 23.3. The first-order chi connectivity index (χ1) is 8.56. The molecule has 0 aliphatic carbocycles. The molecule has 4 nitrogen and oxygen atoms in total. The molecule has 1 saturated heterocycles. The molecule has 0 radical (unpaired) electrons. The molecule has 1 heterocycles. The van der Waals surface area contributed by atoms with Crippen LogP contribution in [0, 0.1) is 0 Å². The number of carboxylic acids is 1. The number of rotatable bonds is 4. The molecule has 2 N–H and O–H groups in total. The summed E-state index contributed by atoms with van der Waals surface area (Å²) in [5, 5.41) is 11.5. The minimum Gasteiger partial charge on any atom is -0.480 e. The molecule has 98 valence electrons. The predicted octanol–water partition coefficient (Wildman–Crippen LogP) is 2.08. The maximum absolute atomic E-state index is 12.1. The number of carboxylic acid groups (broad SMARTS) is 1. The summed E-state index contributed by atoms with van der Waals surface area (Å²) >= 11 is 1.42. The zero-order valence-corrected chi connectivity index (χ0v) is 9.99. The standard InChI is InChI=1S/C11H11F2NO3S/c12-11(13)17-7-3-1-2-6(4-7)9-14-8(5-18-9)10(15)16/h1-4,8-9,11,14H,5H2,(H,15,16)/t8-,9-/m0/s1. The number of thioether (sulfide) groups is 1. The van der Waals surface area contributed by atoms with Gasteiger partial charge >= 0.3 is 12.6 Å². The summed E-state index contributed by atoms with van der Waals surface area (Å²) in [5.41, 5.74) is 0.724. The van der Waals surface area contributed by atoms with Gasteiger partial charge in [0.05, 0.1) is 5.37 Å². The van der Waals surface area contributed by atoms with Crippen LogP contribution in [0.4, 0.5) is 8.78 Å². The molecule has 1 aromatic carbocycles. The van der Waals surface area contributed by atoms with E-state index in [9.17, 15) is 13.6 Å². The van der Waals surface area contributed by atoms with E-state index in [0.717, 1.165) is 5.56 Å². The number of ether oxygens (including phenoxy) is 1.